The van der Waals surface area contributed by atoms with Crippen molar-refractivity contribution in [3.8, 4) is 0 Å². The van der Waals surface area contributed by atoms with Gasteiger partial charge >= 0.3 is 12.2 Å². The van der Waals surface area contributed by atoms with Gasteiger partial charge in [-0.1, -0.05) is 18.2 Å². The Labute approximate surface area is 235 Å². The second kappa shape index (κ2) is 12.0. The zero-order valence-electron chi connectivity index (χ0n) is 24.7. The molecule has 0 radical (unpaired) electrons. The molecule has 0 saturated carbocycles. The second-order valence-electron chi connectivity index (χ2n) is 12.3. The van der Waals surface area contributed by atoms with Crippen LogP contribution in [0.5, 0.6) is 0 Å². The van der Waals surface area contributed by atoms with Crippen LogP contribution in [0.1, 0.15) is 78.5 Å². The number of hydrogen-bond donors (Lipinski definition) is 5. The Morgan fingerprint density at radius 1 is 0.900 bits per heavy atom. The molecule has 1 aromatic carbocycles. The highest BCUT2D eigenvalue weighted by Crippen LogP contribution is 2.27. The van der Waals surface area contributed by atoms with E-state index in [0.717, 1.165) is 16.5 Å². The number of alkyl carbamates (subject to hydrolysis) is 2. The second-order valence-corrected chi connectivity index (χ2v) is 12.3. The van der Waals surface area contributed by atoms with Crippen molar-refractivity contribution in [2.75, 3.05) is 13.1 Å². The average molecular weight is 555 g/mol. The van der Waals surface area contributed by atoms with Gasteiger partial charge in [0.25, 0.3) is 0 Å². The average Bonchev–Trinajstić information content (AvgIpc) is 3.47. The van der Waals surface area contributed by atoms with Crippen LogP contribution in [0, 0.1) is 0 Å². The quantitative estimate of drug-likeness (QED) is 0.244. The van der Waals surface area contributed by atoms with Crippen molar-refractivity contribution in [2.24, 2.45) is 0 Å². The van der Waals surface area contributed by atoms with Crippen LogP contribution >= 0.6 is 0 Å². The van der Waals surface area contributed by atoms with Crippen LogP contribution in [0.2, 0.25) is 0 Å². The molecule has 5 N–H and O–H groups in total. The highest BCUT2D eigenvalue weighted by atomic mass is 16.6. The lowest BCUT2D eigenvalue weighted by molar-refractivity contribution is -0.125. The number of hydrogen-bond acceptors (Lipinski definition) is 6. The summed E-state index contributed by atoms with van der Waals surface area (Å²) in [6.45, 7) is 14.7. The van der Waals surface area contributed by atoms with E-state index in [9.17, 15) is 14.4 Å². The van der Waals surface area contributed by atoms with E-state index in [2.05, 4.69) is 30.9 Å². The molecule has 2 aromatic heterocycles. The molecule has 1 atom stereocenters. The van der Waals surface area contributed by atoms with Gasteiger partial charge in [-0.05, 0) is 67.0 Å². The third kappa shape index (κ3) is 8.49. The first-order chi connectivity index (χ1) is 18.5. The minimum absolute atomic E-state index is 0.220. The van der Waals surface area contributed by atoms with E-state index < -0.39 is 34.8 Å². The van der Waals surface area contributed by atoms with E-state index >= 15 is 0 Å². The van der Waals surface area contributed by atoms with Gasteiger partial charge in [-0.25, -0.2) is 14.6 Å². The Morgan fingerprint density at radius 2 is 1.52 bits per heavy atom. The Bertz CT molecular complexity index is 1330. The van der Waals surface area contributed by atoms with Gasteiger partial charge in [0, 0.05) is 48.5 Å². The van der Waals surface area contributed by atoms with Gasteiger partial charge in [0.15, 0.2) is 0 Å². The Balaban J connectivity index is 1.72. The molecule has 11 nitrogen and oxygen atoms in total. The van der Waals surface area contributed by atoms with E-state index in [0.29, 0.717) is 17.9 Å². The number of nitrogens with zero attached hydrogens (tertiary/aromatic N) is 1. The van der Waals surface area contributed by atoms with Gasteiger partial charge in [-0.15, -0.1) is 0 Å². The van der Waals surface area contributed by atoms with Gasteiger partial charge in [-0.2, -0.15) is 0 Å². The summed E-state index contributed by atoms with van der Waals surface area (Å²) in [6.07, 6.45) is 2.86. The lowest BCUT2D eigenvalue weighted by Crippen LogP contribution is -2.44. The summed E-state index contributed by atoms with van der Waals surface area (Å²) in [6, 6.07) is 7.39. The molecular formula is C29H42N6O5. The van der Waals surface area contributed by atoms with Crippen LogP contribution < -0.4 is 16.0 Å². The van der Waals surface area contributed by atoms with Crippen LogP contribution in [0.15, 0.2) is 36.7 Å². The summed E-state index contributed by atoms with van der Waals surface area (Å²) < 4.78 is 10.7. The summed E-state index contributed by atoms with van der Waals surface area (Å²) in [5.41, 5.74) is 0.348. The number of H-pyrrole nitrogens is 2. The topological polar surface area (TPSA) is 150 Å². The fourth-order valence-corrected chi connectivity index (χ4v) is 4.02. The largest absolute Gasteiger partial charge is 0.444 e. The van der Waals surface area contributed by atoms with Gasteiger partial charge in [0.1, 0.15) is 17.0 Å². The number of imidazole rings is 1. The fraction of sp³-hybridized carbons (Fsp3) is 0.517. The first kappa shape index (κ1) is 30.5. The smallest absolute Gasteiger partial charge is 0.408 e. The van der Waals surface area contributed by atoms with Crippen LogP contribution in [0.4, 0.5) is 9.59 Å². The molecule has 0 spiro atoms. The van der Waals surface area contributed by atoms with Gasteiger partial charge < -0.3 is 35.4 Å². The number of aromatic amines is 2. The summed E-state index contributed by atoms with van der Waals surface area (Å²) in [5, 5.41) is 9.44. The molecule has 3 aromatic rings. The zero-order chi connectivity index (χ0) is 29.7. The molecule has 3 amide bonds. The lowest BCUT2D eigenvalue weighted by Gasteiger charge is -2.24. The van der Waals surface area contributed by atoms with Gasteiger partial charge in [0.05, 0.1) is 11.5 Å². The number of para-hydroxylation sites is 1. The molecule has 0 aliphatic rings. The van der Waals surface area contributed by atoms with Gasteiger partial charge in [-0.3, -0.25) is 4.79 Å². The van der Waals surface area contributed by atoms with Crippen molar-refractivity contribution in [3.63, 3.8) is 0 Å². The molecule has 218 valence electrons. The van der Waals surface area contributed by atoms with Crippen molar-refractivity contribution in [2.45, 2.75) is 84.5 Å². The van der Waals surface area contributed by atoms with Crippen LogP contribution in [0.25, 0.3) is 10.9 Å². The van der Waals surface area contributed by atoms with Crippen molar-refractivity contribution in [3.05, 3.63) is 53.7 Å². The first-order valence-corrected chi connectivity index (χ1v) is 13.4. The van der Waals surface area contributed by atoms with E-state index in [-0.39, 0.29) is 19.0 Å². The monoisotopic (exact) mass is 554 g/mol. The highest BCUT2D eigenvalue weighted by molar-refractivity contribution is 5.87. The summed E-state index contributed by atoms with van der Waals surface area (Å²) in [4.78, 5) is 48.7. The summed E-state index contributed by atoms with van der Waals surface area (Å²) in [5.74, 6) is 0.251. The lowest BCUT2D eigenvalue weighted by atomic mass is 9.89. The predicted octanol–water partition coefficient (Wildman–Crippen LogP) is 4.62. The number of carbonyl (C=O) groups excluding carboxylic acids is 3. The maximum atomic E-state index is 13.1. The standard InChI is InChI=1S/C29H42N6O5/c1-27(2,3)39-25(37)31-14-13-30-24(36)29(7,8)22-17-33-23(35-22)21(34-26(38)40-28(4,5)6)15-18-16-32-20-12-10-9-11-19(18)20/h9-12,16-17,21,32H,13-15H2,1-8H3,(H,30,36)(H,31,37)(H,33,35)(H,34,38). The molecule has 0 saturated heterocycles. The van der Waals surface area contributed by atoms with Crippen LogP contribution in [-0.4, -0.2) is 57.3 Å². The number of aromatic nitrogens is 3. The minimum atomic E-state index is -0.964. The maximum absolute atomic E-state index is 13.1. The van der Waals surface area contributed by atoms with Crippen molar-refractivity contribution in [1.82, 2.24) is 30.9 Å². The van der Waals surface area contributed by atoms with E-state index in [1.165, 1.54) is 0 Å². The van der Waals surface area contributed by atoms with Crippen molar-refractivity contribution < 1.29 is 23.9 Å². The summed E-state index contributed by atoms with van der Waals surface area (Å²) >= 11 is 0. The molecule has 0 aliphatic heterocycles. The number of ether oxygens (including phenoxy) is 2. The number of rotatable bonds is 9. The SMILES string of the molecule is CC(C)(C)OC(=O)NCCNC(=O)C(C)(C)c1cnc(C(Cc2c[nH]c3ccccc23)NC(=O)OC(C)(C)C)[nH]1. The Kier molecular flexibility index (Phi) is 9.17. The third-order valence-electron chi connectivity index (χ3n) is 6.04. The molecule has 40 heavy (non-hydrogen) atoms. The van der Waals surface area contributed by atoms with Crippen LogP contribution in [0.3, 0.4) is 0 Å². The molecule has 0 fully saturated rings. The molecule has 0 bridgehead atoms. The zero-order valence-corrected chi connectivity index (χ0v) is 24.7. The van der Waals surface area contributed by atoms with Crippen molar-refractivity contribution >= 4 is 29.0 Å². The predicted molar refractivity (Wildman–Crippen MR) is 153 cm³/mol. The minimum Gasteiger partial charge on any atom is -0.444 e. The maximum Gasteiger partial charge on any atom is 0.408 e. The molecule has 11 heteroatoms. The summed E-state index contributed by atoms with van der Waals surface area (Å²) in [7, 11) is 0. The van der Waals surface area contributed by atoms with Crippen molar-refractivity contribution in [1.29, 1.82) is 0 Å². The Morgan fingerprint density at radius 3 is 2.20 bits per heavy atom. The van der Waals surface area contributed by atoms with E-state index in [1.807, 2.05) is 30.5 Å². The molecule has 2 heterocycles. The van der Waals surface area contributed by atoms with E-state index in [4.69, 9.17) is 9.47 Å². The highest BCUT2D eigenvalue weighted by Gasteiger charge is 2.33. The number of fused-ring (bicyclic) bond motifs is 1. The molecule has 3 rings (SSSR count). The van der Waals surface area contributed by atoms with Crippen LogP contribution in [-0.2, 0) is 26.1 Å². The molecular weight excluding hydrogens is 512 g/mol. The number of benzene rings is 1. The Hall–Kier alpha value is -4.02. The third-order valence-corrected chi connectivity index (χ3v) is 6.04. The van der Waals surface area contributed by atoms with E-state index in [1.54, 1.807) is 61.6 Å². The molecule has 0 aliphatic carbocycles. The van der Waals surface area contributed by atoms with Gasteiger partial charge in [0.2, 0.25) is 5.91 Å². The number of carbonyl (C=O) groups is 3. The number of amides is 3. The normalized spacial score (nSPS) is 13.0. The number of nitrogens with one attached hydrogen (secondary N) is 5. The molecule has 1 unspecified atom stereocenters. The fourth-order valence-electron chi connectivity index (χ4n) is 4.02. The first-order valence-electron chi connectivity index (χ1n) is 13.4.